The first kappa shape index (κ1) is 12.8. The molecular weight excluding hydrogens is 214 g/mol. The molecule has 0 bridgehead atoms. The summed E-state index contributed by atoms with van der Waals surface area (Å²) in [4.78, 5) is 22.1. The van der Waals surface area contributed by atoms with Crippen molar-refractivity contribution >= 4 is 12.1 Å². The molecule has 1 aliphatic heterocycles. The SMILES string of the molecule is COC(=O)N[C@@H](C(=O)O)[C@@H]1CCO[C@H](C)C1. The zero-order valence-electron chi connectivity index (χ0n) is 9.43. The van der Waals surface area contributed by atoms with Crippen LogP contribution in [0.1, 0.15) is 19.8 Å². The first-order valence-electron chi connectivity index (χ1n) is 5.23. The fourth-order valence-electron chi connectivity index (χ4n) is 1.90. The maximum atomic E-state index is 11.0. The molecule has 0 aromatic carbocycles. The van der Waals surface area contributed by atoms with Crippen molar-refractivity contribution in [1.29, 1.82) is 0 Å². The number of aliphatic carboxylic acids is 1. The van der Waals surface area contributed by atoms with E-state index in [1.807, 2.05) is 6.92 Å². The quantitative estimate of drug-likeness (QED) is 0.743. The number of ether oxygens (including phenoxy) is 2. The molecule has 1 saturated heterocycles. The molecule has 1 rings (SSSR count). The van der Waals surface area contributed by atoms with Crippen molar-refractivity contribution in [2.24, 2.45) is 5.92 Å². The smallest absolute Gasteiger partial charge is 0.407 e. The van der Waals surface area contributed by atoms with E-state index >= 15 is 0 Å². The summed E-state index contributed by atoms with van der Waals surface area (Å²) in [6, 6.07) is -0.904. The lowest BCUT2D eigenvalue weighted by atomic mass is 9.89. The van der Waals surface area contributed by atoms with Gasteiger partial charge < -0.3 is 19.9 Å². The van der Waals surface area contributed by atoms with Gasteiger partial charge in [0.05, 0.1) is 13.2 Å². The van der Waals surface area contributed by atoms with Crippen LogP contribution in [0, 0.1) is 5.92 Å². The second-order valence-electron chi connectivity index (χ2n) is 3.92. The first-order chi connectivity index (χ1) is 7.54. The Morgan fingerprint density at radius 3 is 2.75 bits per heavy atom. The predicted molar refractivity (Wildman–Crippen MR) is 55.1 cm³/mol. The van der Waals surface area contributed by atoms with E-state index in [9.17, 15) is 9.59 Å². The van der Waals surface area contributed by atoms with E-state index in [0.717, 1.165) is 0 Å². The third kappa shape index (κ3) is 3.37. The van der Waals surface area contributed by atoms with Crippen LogP contribution in [0.3, 0.4) is 0 Å². The van der Waals surface area contributed by atoms with Gasteiger partial charge in [0.15, 0.2) is 0 Å². The average molecular weight is 231 g/mol. The molecule has 1 heterocycles. The van der Waals surface area contributed by atoms with Crippen LogP contribution in [0.25, 0.3) is 0 Å². The molecule has 16 heavy (non-hydrogen) atoms. The van der Waals surface area contributed by atoms with Crippen molar-refractivity contribution in [3.63, 3.8) is 0 Å². The number of carbonyl (C=O) groups is 2. The Hall–Kier alpha value is -1.30. The van der Waals surface area contributed by atoms with Crippen molar-refractivity contribution in [3.05, 3.63) is 0 Å². The molecule has 0 aliphatic carbocycles. The van der Waals surface area contributed by atoms with Gasteiger partial charge in [-0.3, -0.25) is 0 Å². The lowest BCUT2D eigenvalue weighted by molar-refractivity contribution is -0.142. The summed E-state index contributed by atoms with van der Waals surface area (Å²) >= 11 is 0. The second kappa shape index (κ2) is 5.69. The number of hydrogen-bond acceptors (Lipinski definition) is 4. The van der Waals surface area contributed by atoms with Gasteiger partial charge in [0.25, 0.3) is 0 Å². The molecule has 0 aromatic rings. The van der Waals surface area contributed by atoms with Gasteiger partial charge in [0.1, 0.15) is 6.04 Å². The fourth-order valence-corrected chi connectivity index (χ4v) is 1.90. The van der Waals surface area contributed by atoms with Crippen LogP contribution in [0.4, 0.5) is 4.79 Å². The normalized spacial score (nSPS) is 26.9. The van der Waals surface area contributed by atoms with Gasteiger partial charge in [-0.1, -0.05) is 0 Å². The summed E-state index contributed by atoms with van der Waals surface area (Å²) in [6.07, 6.45) is 0.568. The van der Waals surface area contributed by atoms with Gasteiger partial charge in [0, 0.05) is 6.61 Å². The zero-order valence-corrected chi connectivity index (χ0v) is 9.43. The lowest BCUT2D eigenvalue weighted by Crippen LogP contribution is -2.48. The van der Waals surface area contributed by atoms with E-state index < -0.39 is 18.1 Å². The minimum atomic E-state index is -1.04. The Bertz CT molecular complexity index is 268. The highest BCUT2D eigenvalue weighted by Crippen LogP contribution is 2.23. The Kier molecular flexibility index (Phi) is 4.54. The van der Waals surface area contributed by atoms with E-state index in [1.54, 1.807) is 0 Å². The zero-order chi connectivity index (χ0) is 12.1. The van der Waals surface area contributed by atoms with Crippen LogP contribution in [0.2, 0.25) is 0 Å². The van der Waals surface area contributed by atoms with E-state index in [-0.39, 0.29) is 12.0 Å². The molecule has 0 saturated carbocycles. The van der Waals surface area contributed by atoms with E-state index in [4.69, 9.17) is 9.84 Å². The minimum absolute atomic E-state index is 0.0278. The van der Waals surface area contributed by atoms with Crippen LogP contribution in [-0.4, -0.2) is 43.0 Å². The molecule has 0 spiro atoms. The topological polar surface area (TPSA) is 84.9 Å². The molecular formula is C10H17NO5. The molecule has 1 amide bonds. The number of carbonyl (C=O) groups excluding carboxylic acids is 1. The van der Waals surface area contributed by atoms with E-state index in [0.29, 0.717) is 19.4 Å². The highest BCUT2D eigenvalue weighted by molar-refractivity contribution is 5.80. The van der Waals surface area contributed by atoms with Gasteiger partial charge in [-0.2, -0.15) is 0 Å². The predicted octanol–water partition coefficient (Wildman–Crippen LogP) is 0.611. The van der Waals surface area contributed by atoms with Crippen molar-refractivity contribution in [2.75, 3.05) is 13.7 Å². The van der Waals surface area contributed by atoms with E-state index in [1.165, 1.54) is 7.11 Å². The van der Waals surface area contributed by atoms with Crippen molar-refractivity contribution in [3.8, 4) is 0 Å². The first-order valence-corrected chi connectivity index (χ1v) is 5.23. The molecule has 2 N–H and O–H groups in total. The van der Waals surface area contributed by atoms with Crippen LogP contribution >= 0.6 is 0 Å². The largest absolute Gasteiger partial charge is 0.480 e. The number of carboxylic acid groups (broad SMARTS) is 1. The molecule has 0 aromatic heterocycles. The molecule has 3 atom stereocenters. The third-order valence-electron chi connectivity index (χ3n) is 2.72. The highest BCUT2D eigenvalue weighted by Gasteiger charge is 2.33. The summed E-state index contributed by atoms with van der Waals surface area (Å²) in [5.74, 6) is -1.15. The number of rotatable bonds is 3. The fraction of sp³-hybridized carbons (Fsp3) is 0.800. The summed E-state index contributed by atoms with van der Waals surface area (Å²) in [5.41, 5.74) is 0. The van der Waals surface area contributed by atoms with Gasteiger partial charge in [0.2, 0.25) is 0 Å². The number of hydrogen-bond donors (Lipinski definition) is 2. The summed E-state index contributed by atoms with van der Waals surface area (Å²) in [5, 5.41) is 11.4. The van der Waals surface area contributed by atoms with Crippen molar-refractivity contribution in [1.82, 2.24) is 5.32 Å². The maximum Gasteiger partial charge on any atom is 0.407 e. The number of methoxy groups -OCH3 is 1. The maximum absolute atomic E-state index is 11.0. The third-order valence-corrected chi connectivity index (χ3v) is 2.72. The molecule has 6 heteroatoms. The molecule has 1 fully saturated rings. The monoisotopic (exact) mass is 231 g/mol. The lowest BCUT2D eigenvalue weighted by Gasteiger charge is -2.31. The molecule has 0 unspecified atom stereocenters. The van der Waals surface area contributed by atoms with E-state index in [2.05, 4.69) is 10.1 Å². The van der Waals surface area contributed by atoms with Crippen LogP contribution in [0.15, 0.2) is 0 Å². The number of amides is 1. The Morgan fingerprint density at radius 1 is 1.56 bits per heavy atom. The van der Waals surface area contributed by atoms with Crippen LogP contribution in [-0.2, 0) is 14.3 Å². The van der Waals surface area contributed by atoms with Gasteiger partial charge >= 0.3 is 12.1 Å². The van der Waals surface area contributed by atoms with Gasteiger partial charge in [-0.15, -0.1) is 0 Å². The Labute approximate surface area is 93.9 Å². The molecule has 1 aliphatic rings. The average Bonchev–Trinajstić information content (AvgIpc) is 2.25. The summed E-state index contributed by atoms with van der Waals surface area (Å²) in [7, 11) is 1.21. The van der Waals surface area contributed by atoms with Crippen LogP contribution < -0.4 is 5.32 Å². The van der Waals surface area contributed by atoms with Crippen LogP contribution in [0.5, 0.6) is 0 Å². The van der Waals surface area contributed by atoms with Crippen molar-refractivity contribution in [2.45, 2.75) is 31.9 Å². The summed E-state index contributed by atoms with van der Waals surface area (Å²) in [6.45, 7) is 2.42. The summed E-state index contributed by atoms with van der Waals surface area (Å²) < 4.78 is 9.74. The molecule has 0 radical (unpaired) electrons. The molecule has 6 nitrogen and oxygen atoms in total. The second-order valence-corrected chi connectivity index (χ2v) is 3.92. The highest BCUT2D eigenvalue weighted by atomic mass is 16.5. The Morgan fingerprint density at radius 2 is 2.25 bits per heavy atom. The Balaban J connectivity index is 2.61. The number of alkyl carbamates (subject to hydrolysis) is 1. The number of carboxylic acids is 1. The van der Waals surface area contributed by atoms with Crippen molar-refractivity contribution < 1.29 is 24.2 Å². The molecule has 92 valence electrons. The van der Waals surface area contributed by atoms with Gasteiger partial charge in [-0.05, 0) is 25.7 Å². The van der Waals surface area contributed by atoms with Gasteiger partial charge in [-0.25, -0.2) is 9.59 Å². The number of nitrogens with one attached hydrogen (secondary N) is 1. The standard InChI is InChI=1S/C10H17NO5/c1-6-5-7(3-4-16-6)8(9(12)13)11-10(14)15-2/h6-8H,3-5H2,1-2H3,(H,11,14)(H,12,13)/t6-,7-,8-/m1/s1. The minimum Gasteiger partial charge on any atom is -0.480 e.